The molecule has 25 heavy (non-hydrogen) atoms. The molecule has 7 heteroatoms. The summed E-state index contributed by atoms with van der Waals surface area (Å²) in [5.74, 6) is -0.779. The number of rotatable bonds is 5. The van der Waals surface area contributed by atoms with Gasteiger partial charge in [0, 0.05) is 23.4 Å². The summed E-state index contributed by atoms with van der Waals surface area (Å²) in [5.41, 5.74) is 1.36. The Kier molecular flexibility index (Phi) is 4.47. The van der Waals surface area contributed by atoms with Crippen molar-refractivity contribution in [3.63, 3.8) is 0 Å². The van der Waals surface area contributed by atoms with Crippen LogP contribution in [-0.4, -0.2) is 22.8 Å². The SMILES string of the molecule is Cc1ccc(C(=O)NC2CC2)cc1NC(=O)c1ccccc1[N+](=O)[O-]. The van der Waals surface area contributed by atoms with Gasteiger partial charge in [0.2, 0.25) is 0 Å². The molecule has 0 heterocycles. The minimum absolute atomic E-state index is 0.0280. The quantitative estimate of drug-likeness (QED) is 0.645. The highest BCUT2D eigenvalue weighted by molar-refractivity contribution is 6.08. The van der Waals surface area contributed by atoms with E-state index in [2.05, 4.69) is 10.6 Å². The maximum absolute atomic E-state index is 12.4. The number of nitro benzene ring substituents is 1. The highest BCUT2D eigenvalue weighted by atomic mass is 16.6. The molecule has 2 amide bonds. The van der Waals surface area contributed by atoms with Crippen LogP contribution < -0.4 is 10.6 Å². The topological polar surface area (TPSA) is 101 Å². The van der Waals surface area contributed by atoms with Crippen LogP contribution in [-0.2, 0) is 0 Å². The number of nitro groups is 1. The number of carbonyl (C=O) groups is 2. The van der Waals surface area contributed by atoms with Crippen molar-refractivity contribution in [3.8, 4) is 0 Å². The Morgan fingerprint density at radius 3 is 2.52 bits per heavy atom. The van der Waals surface area contributed by atoms with Crippen LogP contribution in [0.4, 0.5) is 11.4 Å². The molecule has 0 radical (unpaired) electrons. The third-order valence-electron chi connectivity index (χ3n) is 4.01. The van der Waals surface area contributed by atoms with Gasteiger partial charge in [-0.3, -0.25) is 19.7 Å². The van der Waals surface area contributed by atoms with E-state index < -0.39 is 10.8 Å². The van der Waals surface area contributed by atoms with Crippen LogP contribution in [0.2, 0.25) is 0 Å². The van der Waals surface area contributed by atoms with Gasteiger partial charge in [-0.15, -0.1) is 0 Å². The van der Waals surface area contributed by atoms with E-state index in [0.717, 1.165) is 18.4 Å². The van der Waals surface area contributed by atoms with Gasteiger partial charge in [0.1, 0.15) is 5.56 Å². The Labute approximate surface area is 144 Å². The fraction of sp³-hybridized carbons (Fsp3) is 0.222. The van der Waals surface area contributed by atoms with Gasteiger partial charge < -0.3 is 10.6 Å². The summed E-state index contributed by atoms with van der Waals surface area (Å²) < 4.78 is 0. The van der Waals surface area contributed by atoms with E-state index in [1.165, 1.54) is 18.2 Å². The zero-order valence-corrected chi connectivity index (χ0v) is 13.6. The molecule has 2 N–H and O–H groups in total. The first-order chi connectivity index (χ1) is 12.0. The van der Waals surface area contributed by atoms with Crippen LogP contribution in [0.25, 0.3) is 0 Å². The van der Waals surface area contributed by atoms with Gasteiger partial charge in [-0.05, 0) is 43.5 Å². The van der Waals surface area contributed by atoms with E-state index in [-0.39, 0.29) is 23.2 Å². The maximum Gasteiger partial charge on any atom is 0.282 e. The van der Waals surface area contributed by atoms with Crippen LogP contribution in [0.3, 0.4) is 0 Å². The van der Waals surface area contributed by atoms with Crippen molar-refractivity contribution in [1.29, 1.82) is 0 Å². The molecule has 1 aliphatic rings. The lowest BCUT2D eigenvalue weighted by Crippen LogP contribution is -2.25. The van der Waals surface area contributed by atoms with Crippen molar-refractivity contribution in [1.82, 2.24) is 5.32 Å². The molecule has 1 fully saturated rings. The van der Waals surface area contributed by atoms with Crippen molar-refractivity contribution in [2.24, 2.45) is 0 Å². The highest BCUT2D eigenvalue weighted by Gasteiger charge is 2.24. The Morgan fingerprint density at radius 1 is 1.12 bits per heavy atom. The van der Waals surface area contributed by atoms with Crippen LogP contribution in [0.1, 0.15) is 39.1 Å². The molecule has 7 nitrogen and oxygen atoms in total. The molecule has 1 aliphatic carbocycles. The van der Waals surface area contributed by atoms with Gasteiger partial charge in [0.05, 0.1) is 4.92 Å². The summed E-state index contributed by atoms with van der Waals surface area (Å²) in [4.78, 5) is 35.1. The lowest BCUT2D eigenvalue weighted by atomic mass is 10.1. The Morgan fingerprint density at radius 2 is 1.84 bits per heavy atom. The van der Waals surface area contributed by atoms with Gasteiger partial charge >= 0.3 is 0 Å². The van der Waals surface area contributed by atoms with E-state index in [9.17, 15) is 19.7 Å². The number of hydrogen-bond donors (Lipinski definition) is 2. The number of nitrogens with one attached hydrogen (secondary N) is 2. The van der Waals surface area contributed by atoms with E-state index in [0.29, 0.717) is 11.3 Å². The standard InChI is InChI=1S/C18H17N3O4/c1-11-6-7-12(17(22)19-13-8-9-13)10-15(11)20-18(23)14-4-2-3-5-16(14)21(24)25/h2-7,10,13H,8-9H2,1H3,(H,19,22)(H,20,23). The summed E-state index contributed by atoms with van der Waals surface area (Å²) in [6.45, 7) is 1.79. The third kappa shape index (κ3) is 3.82. The molecule has 2 aromatic rings. The Bertz CT molecular complexity index is 859. The number of hydrogen-bond acceptors (Lipinski definition) is 4. The number of aryl methyl sites for hydroxylation is 1. The molecule has 0 bridgehead atoms. The maximum atomic E-state index is 12.4. The molecule has 128 valence electrons. The van der Waals surface area contributed by atoms with Gasteiger partial charge in [0.15, 0.2) is 0 Å². The van der Waals surface area contributed by atoms with Crippen molar-refractivity contribution in [2.45, 2.75) is 25.8 Å². The molecule has 0 aliphatic heterocycles. The molecular weight excluding hydrogens is 322 g/mol. The minimum atomic E-state index is -0.596. The van der Waals surface area contributed by atoms with E-state index in [1.54, 1.807) is 31.2 Å². The number of para-hydroxylation sites is 1. The Hall–Kier alpha value is -3.22. The number of benzene rings is 2. The number of nitrogens with zero attached hydrogens (tertiary/aromatic N) is 1. The molecule has 3 rings (SSSR count). The summed E-state index contributed by atoms with van der Waals surface area (Å²) in [7, 11) is 0. The molecule has 0 atom stereocenters. The predicted molar refractivity (Wildman–Crippen MR) is 92.7 cm³/mol. The largest absolute Gasteiger partial charge is 0.349 e. The zero-order valence-electron chi connectivity index (χ0n) is 13.6. The smallest absolute Gasteiger partial charge is 0.282 e. The van der Waals surface area contributed by atoms with Crippen molar-refractivity contribution < 1.29 is 14.5 Å². The van der Waals surface area contributed by atoms with E-state index in [4.69, 9.17) is 0 Å². The highest BCUT2D eigenvalue weighted by Crippen LogP contribution is 2.23. The first-order valence-electron chi connectivity index (χ1n) is 7.92. The number of carbonyl (C=O) groups excluding carboxylic acids is 2. The number of amides is 2. The van der Waals surface area contributed by atoms with Crippen LogP contribution in [0, 0.1) is 17.0 Å². The van der Waals surface area contributed by atoms with E-state index >= 15 is 0 Å². The first kappa shape index (κ1) is 16.6. The lowest BCUT2D eigenvalue weighted by Gasteiger charge is -2.11. The summed E-state index contributed by atoms with van der Waals surface area (Å²) in [6.07, 6.45) is 1.97. The van der Waals surface area contributed by atoms with Gasteiger partial charge in [-0.2, -0.15) is 0 Å². The van der Waals surface area contributed by atoms with Crippen molar-refractivity contribution in [3.05, 3.63) is 69.3 Å². The summed E-state index contributed by atoms with van der Waals surface area (Å²) in [6, 6.07) is 11.0. The summed E-state index contributed by atoms with van der Waals surface area (Å²) in [5, 5.41) is 16.6. The predicted octanol–water partition coefficient (Wildman–Crippen LogP) is 3.05. The van der Waals surface area contributed by atoms with Crippen molar-refractivity contribution in [2.75, 3.05) is 5.32 Å². The van der Waals surface area contributed by atoms with Gasteiger partial charge in [-0.1, -0.05) is 18.2 Å². The van der Waals surface area contributed by atoms with Crippen LogP contribution in [0.15, 0.2) is 42.5 Å². The fourth-order valence-corrected chi connectivity index (χ4v) is 2.41. The number of anilines is 1. The second-order valence-corrected chi connectivity index (χ2v) is 6.01. The normalized spacial score (nSPS) is 13.2. The average molecular weight is 339 g/mol. The second-order valence-electron chi connectivity index (χ2n) is 6.01. The molecule has 0 unspecified atom stereocenters. The van der Waals surface area contributed by atoms with E-state index in [1.807, 2.05) is 0 Å². The van der Waals surface area contributed by atoms with Gasteiger partial charge in [-0.25, -0.2) is 0 Å². The average Bonchev–Trinajstić information content (AvgIpc) is 3.40. The van der Waals surface area contributed by atoms with Gasteiger partial charge in [0.25, 0.3) is 17.5 Å². The first-order valence-corrected chi connectivity index (χ1v) is 7.92. The molecular formula is C18H17N3O4. The molecule has 2 aromatic carbocycles. The summed E-state index contributed by atoms with van der Waals surface area (Å²) >= 11 is 0. The second kappa shape index (κ2) is 6.72. The monoisotopic (exact) mass is 339 g/mol. The molecule has 0 aromatic heterocycles. The van der Waals surface area contributed by atoms with Crippen molar-refractivity contribution >= 4 is 23.2 Å². The molecule has 1 saturated carbocycles. The zero-order chi connectivity index (χ0) is 18.0. The van der Waals surface area contributed by atoms with Crippen LogP contribution in [0.5, 0.6) is 0 Å². The Balaban J connectivity index is 1.83. The van der Waals surface area contributed by atoms with Crippen LogP contribution >= 0.6 is 0 Å². The minimum Gasteiger partial charge on any atom is -0.349 e. The third-order valence-corrected chi connectivity index (χ3v) is 4.01. The fourth-order valence-electron chi connectivity index (χ4n) is 2.41. The molecule has 0 saturated heterocycles. The molecule has 0 spiro atoms. The lowest BCUT2D eigenvalue weighted by molar-refractivity contribution is -0.385.